The van der Waals surface area contributed by atoms with Crippen LogP contribution in [0.15, 0.2) is 30.5 Å². The number of para-hydroxylation sites is 1. The molecule has 0 radical (unpaired) electrons. The summed E-state index contributed by atoms with van der Waals surface area (Å²) in [5.41, 5.74) is 5.08. The molecule has 0 amide bonds. The van der Waals surface area contributed by atoms with Crippen molar-refractivity contribution in [2.24, 2.45) is 0 Å². The zero-order valence-electron chi connectivity index (χ0n) is 26.1. The number of hydrogen-bond donors (Lipinski definition) is 2. The summed E-state index contributed by atoms with van der Waals surface area (Å²) in [4.78, 5) is 16.3. The van der Waals surface area contributed by atoms with Crippen LogP contribution in [0.3, 0.4) is 0 Å². The number of hydrogen-bond acceptors (Lipinski definition) is 10. The summed E-state index contributed by atoms with van der Waals surface area (Å²) in [6.45, 7) is 8.84. The van der Waals surface area contributed by atoms with E-state index in [2.05, 4.69) is 37.4 Å². The van der Waals surface area contributed by atoms with Gasteiger partial charge in [0.15, 0.2) is 0 Å². The van der Waals surface area contributed by atoms with Gasteiger partial charge in [-0.1, -0.05) is 12.1 Å². The van der Waals surface area contributed by atoms with Crippen LogP contribution in [-0.2, 0) is 22.9 Å². The second-order valence-electron chi connectivity index (χ2n) is 12.6. The van der Waals surface area contributed by atoms with Crippen molar-refractivity contribution in [2.75, 3.05) is 85.6 Å². The van der Waals surface area contributed by atoms with Gasteiger partial charge in [-0.3, -0.25) is 9.21 Å². The summed E-state index contributed by atoms with van der Waals surface area (Å²) in [5, 5.41) is 6.54. The minimum absolute atomic E-state index is 0.272. The zero-order chi connectivity index (χ0) is 31.3. The molecule has 5 heterocycles. The number of benzene rings is 2. The second kappa shape index (κ2) is 11.9. The van der Waals surface area contributed by atoms with E-state index in [-0.39, 0.29) is 11.8 Å². The molecule has 0 aliphatic carbocycles. The zero-order valence-corrected chi connectivity index (χ0v) is 27.0. The maximum Gasteiger partial charge on any atom is 0.232 e. The van der Waals surface area contributed by atoms with Crippen LogP contribution >= 0.6 is 0 Å². The first kappa shape index (κ1) is 30.0. The topological polar surface area (TPSA) is 106 Å². The number of rotatable bonds is 7. The van der Waals surface area contributed by atoms with Crippen molar-refractivity contribution in [1.82, 2.24) is 19.8 Å². The molecule has 13 heteroatoms. The van der Waals surface area contributed by atoms with Crippen LogP contribution < -0.4 is 24.6 Å². The fourth-order valence-corrected chi connectivity index (χ4v) is 8.10. The predicted octanol–water partition coefficient (Wildman–Crippen LogP) is 3.88. The maximum atomic E-state index is 15.9. The van der Waals surface area contributed by atoms with Gasteiger partial charge < -0.3 is 25.2 Å². The molecule has 3 aromatic rings. The Balaban J connectivity index is 1.10. The van der Waals surface area contributed by atoms with Gasteiger partial charge in [0.1, 0.15) is 17.4 Å². The Labute approximate surface area is 264 Å². The molecular weight excluding hydrogens is 595 g/mol. The highest BCUT2D eigenvalue weighted by atomic mass is 32.2. The lowest BCUT2D eigenvalue weighted by Gasteiger charge is -2.43. The minimum atomic E-state index is -3.43. The Morgan fingerprint density at radius 3 is 2.51 bits per heavy atom. The van der Waals surface area contributed by atoms with Gasteiger partial charge in [0.2, 0.25) is 16.0 Å². The summed E-state index contributed by atoms with van der Waals surface area (Å²) in [5.74, 6) is 1.19. The van der Waals surface area contributed by atoms with Crippen LogP contribution in [0.4, 0.5) is 38.9 Å². The quantitative estimate of drug-likeness (QED) is 0.397. The fraction of sp³-hybridized carbons (Fsp3) is 0.500. The normalized spacial score (nSPS) is 19.4. The van der Waals surface area contributed by atoms with Crippen molar-refractivity contribution in [3.05, 3.63) is 53.0 Å². The third-order valence-electron chi connectivity index (χ3n) is 9.56. The summed E-state index contributed by atoms with van der Waals surface area (Å²) in [7, 11) is -1.25. The van der Waals surface area contributed by atoms with Gasteiger partial charge in [-0.2, -0.15) is 4.98 Å². The molecule has 11 nitrogen and oxygen atoms in total. The molecule has 0 unspecified atom stereocenters. The van der Waals surface area contributed by atoms with Crippen LogP contribution in [0, 0.1) is 12.7 Å². The number of halogens is 1. The average molecular weight is 637 g/mol. The van der Waals surface area contributed by atoms with Gasteiger partial charge in [-0.25, -0.2) is 17.8 Å². The van der Waals surface area contributed by atoms with Crippen molar-refractivity contribution in [1.29, 1.82) is 0 Å². The molecular formula is C32H41FN8O3S. The minimum Gasteiger partial charge on any atom is -0.491 e. The van der Waals surface area contributed by atoms with Crippen molar-refractivity contribution in [2.45, 2.75) is 38.6 Å². The number of sulfonamides is 1. The van der Waals surface area contributed by atoms with Gasteiger partial charge in [0.05, 0.1) is 35.6 Å². The number of ether oxygens (including phenoxy) is 1. The fourth-order valence-electron chi connectivity index (χ4n) is 7.13. The number of aryl methyl sites for hydroxylation is 1. The largest absolute Gasteiger partial charge is 0.491 e. The summed E-state index contributed by atoms with van der Waals surface area (Å²) in [6, 6.07) is 7.75. The molecule has 4 aliphatic rings. The van der Waals surface area contributed by atoms with E-state index in [1.165, 1.54) is 16.6 Å². The lowest BCUT2D eigenvalue weighted by molar-refractivity contribution is 0.0981. The SMILES string of the molecule is Cc1cnc(Nc2cc(F)c(N3CCC(N4CCN(C)CC4)CC3)c3c2OCC3)nc1Nc1cccc2c1N(S(C)(=O)=O)CC2. The first-order chi connectivity index (χ1) is 21.7. The Kier molecular flexibility index (Phi) is 7.95. The highest BCUT2D eigenvalue weighted by molar-refractivity contribution is 7.92. The first-order valence-electron chi connectivity index (χ1n) is 15.8. The van der Waals surface area contributed by atoms with E-state index in [1.54, 1.807) is 6.20 Å². The van der Waals surface area contributed by atoms with Gasteiger partial charge in [0.25, 0.3) is 0 Å². The molecule has 2 N–H and O–H groups in total. The Morgan fingerprint density at radius 2 is 1.76 bits per heavy atom. The maximum absolute atomic E-state index is 15.9. The Hall–Kier alpha value is -3.68. The highest BCUT2D eigenvalue weighted by Crippen LogP contribution is 2.44. The smallest absolute Gasteiger partial charge is 0.232 e. The van der Waals surface area contributed by atoms with Crippen LogP contribution in [0.2, 0.25) is 0 Å². The van der Waals surface area contributed by atoms with E-state index in [0.717, 1.165) is 68.8 Å². The number of piperidine rings is 1. The van der Waals surface area contributed by atoms with E-state index in [0.29, 0.717) is 66.4 Å². The monoisotopic (exact) mass is 636 g/mol. The van der Waals surface area contributed by atoms with E-state index in [4.69, 9.17) is 9.72 Å². The van der Waals surface area contributed by atoms with Crippen molar-refractivity contribution in [3.63, 3.8) is 0 Å². The van der Waals surface area contributed by atoms with E-state index in [1.807, 2.05) is 25.1 Å². The van der Waals surface area contributed by atoms with E-state index in [9.17, 15) is 8.42 Å². The number of likely N-dealkylation sites (N-methyl/N-ethyl adjacent to an activating group) is 1. The van der Waals surface area contributed by atoms with Crippen molar-refractivity contribution < 1.29 is 17.5 Å². The molecule has 2 saturated heterocycles. The molecule has 240 valence electrons. The lowest BCUT2D eigenvalue weighted by Crippen LogP contribution is -2.52. The van der Waals surface area contributed by atoms with Crippen LogP contribution in [0.5, 0.6) is 5.75 Å². The van der Waals surface area contributed by atoms with E-state index < -0.39 is 10.0 Å². The summed E-state index contributed by atoms with van der Waals surface area (Å²) >= 11 is 0. The number of piperazine rings is 1. The number of nitrogens with zero attached hydrogens (tertiary/aromatic N) is 6. The molecule has 0 spiro atoms. The molecule has 4 aliphatic heterocycles. The summed E-state index contributed by atoms with van der Waals surface area (Å²) < 4.78 is 48.4. The van der Waals surface area contributed by atoms with Gasteiger partial charge in [-0.15, -0.1) is 0 Å². The first-order valence-corrected chi connectivity index (χ1v) is 17.6. The molecule has 7 rings (SSSR count). The van der Waals surface area contributed by atoms with E-state index >= 15 is 4.39 Å². The second-order valence-corrected chi connectivity index (χ2v) is 14.5. The van der Waals surface area contributed by atoms with Gasteiger partial charge in [0, 0.05) is 81.7 Å². The molecule has 2 aromatic carbocycles. The molecule has 0 saturated carbocycles. The standard InChI is InChI=1S/C32H41FN8O3S/c1-21-20-34-32(37-31(21)35-26-6-4-5-22-7-13-41(28(22)26)45(3,42)43)36-27-19-25(33)29(24-10-18-44-30(24)27)40-11-8-23(9-12-40)39-16-14-38(2)15-17-39/h4-6,19-20,23H,7-18H2,1-3H3,(H2,34,35,36,37). The Morgan fingerprint density at radius 1 is 0.978 bits per heavy atom. The van der Waals surface area contributed by atoms with Crippen molar-refractivity contribution in [3.8, 4) is 5.75 Å². The Bertz CT molecular complexity index is 1700. The average Bonchev–Trinajstić information content (AvgIpc) is 3.68. The van der Waals surface area contributed by atoms with Crippen LogP contribution in [0.1, 0.15) is 29.5 Å². The molecule has 1 aromatic heterocycles. The van der Waals surface area contributed by atoms with Crippen LogP contribution in [-0.4, -0.2) is 100.0 Å². The summed E-state index contributed by atoms with van der Waals surface area (Å²) in [6.07, 6.45) is 6.25. The number of fused-ring (bicyclic) bond motifs is 2. The predicted molar refractivity (Wildman–Crippen MR) is 176 cm³/mol. The highest BCUT2D eigenvalue weighted by Gasteiger charge is 2.33. The van der Waals surface area contributed by atoms with Crippen LogP contribution in [0.25, 0.3) is 0 Å². The third-order valence-corrected chi connectivity index (χ3v) is 10.7. The third kappa shape index (κ3) is 5.88. The van der Waals surface area contributed by atoms with Crippen molar-refractivity contribution >= 4 is 44.5 Å². The van der Waals surface area contributed by atoms with Gasteiger partial charge >= 0.3 is 0 Å². The molecule has 45 heavy (non-hydrogen) atoms. The molecule has 0 bridgehead atoms. The molecule has 0 atom stereocenters. The number of aromatic nitrogens is 2. The number of anilines is 6. The number of nitrogens with one attached hydrogen (secondary N) is 2. The lowest BCUT2D eigenvalue weighted by atomic mass is 9.99. The van der Waals surface area contributed by atoms with Gasteiger partial charge in [-0.05, 0) is 44.9 Å². The molecule has 2 fully saturated rings.